The predicted octanol–water partition coefficient (Wildman–Crippen LogP) is 3.20. The summed E-state index contributed by atoms with van der Waals surface area (Å²) in [6.07, 6.45) is 0. The van der Waals surface area contributed by atoms with E-state index in [1.54, 1.807) is 6.07 Å². The number of nitrogens with two attached hydrogens (primary N) is 1. The zero-order valence-electron chi connectivity index (χ0n) is 10.5. The SMILES string of the molecule is COc1cc(-c2noc(-c3ccsc3N)n2)ccc1F. The Kier molecular flexibility index (Phi) is 3.11. The number of aromatic nitrogens is 2. The van der Waals surface area contributed by atoms with Crippen molar-refractivity contribution in [2.75, 3.05) is 12.8 Å². The van der Waals surface area contributed by atoms with E-state index in [0.717, 1.165) is 0 Å². The lowest BCUT2D eigenvalue weighted by molar-refractivity contribution is 0.386. The van der Waals surface area contributed by atoms with Crippen LogP contribution in [0.5, 0.6) is 5.75 Å². The van der Waals surface area contributed by atoms with Gasteiger partial charge in [0, 0.05) is 5.56 Å². The van der Waals surface area contributed by atoms with Gasteiger partial charge in [-0.05, 0) is 29.6 Å². The van der Waals surface area contributed by atoms with Crippen molar-refractivity contribution < 1.29 is 13.7 Å². The number of benzene rings is 1. The highest BCUT2D eigenvalue weighted by Gasteiger charge is 2.15. The molecule has 0 fully saturated rings. The summed E-state index contributed by atoms with van der Waals surface area (Å²) in [5.74, 6) is 0.372. The number of hydrogen-bond acceptors (Lipinski definition) is 6. The molecule has 0 saturated carbocycles. The molecule has 20 heavy (non-hydrogen) atoms. The van der Waals surface area contributed by atoms with Crippen molar-refractivity contribution in [3.63, 3.8) is 0 Å². The maximum Gasteiger partial charge on any atom is 0.261 e. The third kappa shape index (κ3) is 2.12. The normalized spacial score (nSPS) is 10.7. The minimum Gasteiger partial charge on any atom is -0.494 e. The summed E-state index contributed by atoms with van der Waals surface area (Å²) in [4.78, 5) is 4.26. The Hall–Kier alpha value is -2.41. The topological polar surface area (TPSA) is 74.2 Å². The number of methoxy groups -OCH3 is 1. The van der Waals surface area contributed by atoms with Gasteiger partial charge in [-0.2, -0.15) is 4.98 Å². The van der Waals surface area contributed by atoms with Crippen LogP contribution in [0.25, 0.3) is 22.8 Å². The highest BCUT2D eigenvalue weighted by Crippen LogP contribution is 2.31. The van der Waals surface area contributed by atoms with Gasteiger partial charge in [-0.25, -0.2) is 4.39 Å². The molecule has 0 bridgehead atoms. The molecular formula is C13H10FN3O2S. The molecule has 0 spiro atoms. The average Bonchev–Trinajstić information content (AvgIpc) is 3.08. The van der Waals surface area contributed by atoms with Gasteiger partial charge in [0.05, 0.1) is 17.7 Å². The molecule has 2 heterocycles. The standard InChI is InChI=1S/C13H10FN3O2S/c1-18-10-6-7(2-3-9(10)14)12-16-13(19-17-12)8-4-5-20-11(8)15/h2-6H,15H2,1H3. The summed E-state index contributed by atoms with van der Waals surface area (Å²) < 4.78 is 23.5. The van der Waals surface area contributed by atoms with E-state index in [1.165, 1.54) is 30.6 Å². The quantitative estimate of drug-likeness (QED) is 0.802. The van der Waals surface area contributed by atoms with Gasteiger partial charge in [-0.3, -0.25) is 0 Å². The zero-order valence-corrected chi connectivity index (χ0v) is 11.3. The molecule has 0 amide bonds. The maximum atomic E-state index is 13.4. The number of ether oxygens (including phenoxy) is 1. The molecule has 0 radical (unpaired) electrons. The minimum atomic E-state index is -0.443. The Balaban J connectivity index is 2.00. The first-order valence-corrected chi connectivity index (χ1v) is 6.58. The summed E-state index contributed by atoms with van der Waals surface area (Å²) in [5, 5.41) is 6.32. The Morgan fingerprint density at radius 1 is 1.35 bits per heavy atom. The summed E-state index contributed by atoms with van der Waals surface area (Å²) >= 11 is 1.39. The molecule has 3 aromatic rings. The fourth-order valence-electron chi connectivity index (χ4n) is 1.75. The zero-order chi connectivity index (χ0) is 14.1. The van der Waals surface area contributed by atoms with E-state index in [0.29, 0.717) is 27.8 Å². The number of nitrogens with zero attached hydrogens (tertiary/aromatic N) is 2. The Bertz CT molecular complexity index is 754. The van der Waals surface area contributed by atoms with Gasteiger partial charge in [0.1, 0.15) is 0 Å². The second kappa shape index (κ2) is 4.93. The lowest BCUT2D eigenvalue weighted by atomic mass is 10.2. The molecule has 1 aromatic carbocycles. The fourth-order valence-corrected chi connectivity index (χ4v) is 2.38. The number of rotatable bonds is 3. The third-order valence-electron chi connectivity index (χ3n) is 2.76. The molecule has 2 aromatic heterocycles. The first kappa shape index (κ1) is 12.6. The molecular weight excluding hydrogens is 281 g/mol. The predicted molar refractivity (Wildman–Crippen MR) is 74.0 cm³/mol. The van der Waals surface area contributed by atoms with Gasteiger partial charge in [0.25, 0.3) is 5.89 Å². The second-order valence-corrected chi connectivity index (χ2v) is 4.92. The van der Waals surface area contributed by atoms with Gasteiger partial charge in [-0.1, -0.05) is 5.16 Å². The monoisotopic (exact) mass is 291 g/mol. The smallest absolute Gasteiger partial charge is 0.261 e. The van der Waals surface area contributed by atoms with E-state index in [1.807, 2.05) is 11.4 Å². The van der Waals surface area contributed by atoms with Gasteiger partial charge >= 0.3 is 0 Å². The molecule has 5 nitrogen and oxygen atoms in total. The van der Waals surface area contributed by atoms with Gasteiger partial charge in [0.2, 0.25) is 5.82 Å². The van der Waals surface area contributed by atoms with Crippen molar-refractivity contribution in [2.24, 2.45) is 0 Å². The van der Waals surface area contributed by atoms with Crippen LogP contribution >= 0.6 is 11.3 Å². The van der Waals surface area contributed by atoms with Gasteiger partial charge < -0.3 is 15.0 Å². The van der Waals surface area contributed by atoms with Crippen LogP contribution in [0.4, 0.5) is 9.39 Å². The third-order valence-corrected chi connectivity index (χ3v) is 3.51. The largest absolute Gasteiger partial charge is 0.494 e. The second-order valence-electron chi connectivity index (χ2n) is 3.97. The summed E-state index contributed by atoms with van der Waals surface area (Å²) in [7, 11) is 1.40. The molecule has 3 rings (SSSR count). The first-order chi connectivity index (χ1) is 9.69. The minimum absolute atomic E-state index is 0.129. The average molecular weight is 291 g/mol. The molecule has 0 atom stereocenters. The number of anilines is 1. The van der Waals surface area contributed by atoms with Crippen molar-refractivity contribution in [1.82, 2.24) is 10.1 Å². The van der Waals surface area contributed by atoms with Crippen molar-refractivity contribution in [1.29, 1.82) is 0 Å². The Morgan fingerprint density at radius 2 is 2.20 bits per heavy atom. The van der Waals surface area contributed by atoms with Crippen LogP contribution in [0, 0.1) is 5.82 Å². The molecule has 0 aliphatic rings. The van der Waals surface area contributed by atoms with Crippen LogP contribution in [-0.4, -0.2) is 17.3 Å². The summed E-state index contributed by atoms with van der Waals surface area (Å²) in [6.45, 7) is 0. The molecule has 0 aliphatic heterocycles. The molecule has 0 saturated heterocycles. The number of hydrogen-bond donors (Lipinski definition) is 1. The van der Waals surface area contributed by atoms with Crippen LogP contribution in [0.1, 0.15) is 0 Å². The van der Waals surface area contributed by atoms with Gasteiger partial charge in [-0.15, -0.1) is 11.3 Å². The van der Waals surface area contributed by atoms with Crippen LogP contribution in [-0.2, 0) is 0 Å². The van der Waals surface area contributed by atoms with E-state index in [2.05, 4.69) is 10.1 Å². The van der Waals surface area contributed by atoms with E-state index in [-0.39, 0.29) is 5.75 Å². The van der Waals surface area contributed by atoms with Crippen molar-refractivity contribution in [2.45, 2.75) is 0 Å². The van der Waals surface area contributed by atoms with Crippen LogP contribution in [0.3, 0.4) is 0 Å². The lowest BCUT2D eigenvalue weighted by Gasteiger charge is -2.02. The first-order valence-electron chi connectivity index (χ1n) is 5.70. The molecule has 102 valence electrons. The van der Waals surface area contributed by atoms with E-state index >= 15 is 0 Å². The summed E-state index contributed by atoms with van der Waals surface area (Å²) in [5.41, 5.74) is 7.11. The highest BCUT2D eigenvalue weighted by molar-refractivity contribution is 7.14. The maximum absolute atomic E-state index is 13.4. The summed E-state index contributed by atoms with van der Waals surface area (Å²) in [6, 6.07) is 6.18. The molecule has 2 N–H and O–H groups in total. The Labute approximate surface area is 117 Å². The van der Waals surface area contributed by atoms with E-state index in [4.69, 9.17) is 15.0 Å². The van der Waals surface area contributed by atoms with Crippen LogP contribution in [0.15, 0.2) is 34.2 Å². The highest BCUT2D eigenvalue weighted by atomic mass is 32.1. The molecule has 0 aliphatic carbocycles. The van der Waals surface area contributed by atoms with Crippen molar-refractivity contribution >= 4 is 16.3 Å². The molecule has 7 heteroatoms. The number of thiophene rings is 1. The van der Waals surface area contributed by atoms with E-state index in [9.17, 15) is 4.39 Å². The van der Waals surface area contributed by atoms with Crippen molar-refractivity contribution in [3.05, 3.63) is 35.5 Å². The van der Waals surface area contributed by atoms with Gasteiger partial charge in [0.15, 0.2) is 11.6 Å². The van der Waals surface area contributed by atoms with Crippen LogP contribution in [0.2, 0.25) is 0 Å². The van der Waals surface area contributed by atoms with Crippen molar-refractivity contribution in [3.8, 4) is 28.6 Å². The lowest BCUT2D eigenvalue weighted by Crippen LogP contribution is -1.89. The van der Waals surface area contributed by atoms with E-state index < -0.39 is 5.82 Å². The fraction of sp³-hybridized carbons (Fsp3) is 0.0769. The van der Waals surface area contributed by atoms with Crippen LogP contribution < -0.4 is 10.5 Å². The number of nitrogen functional groups attached to an aromatic ring is 1. The number of halogens is 1. The Morgan fingerprint density at radius 3 is 2.90 bits per heavy atom. The molecule has 0 unspecified atom stereocenters.